The third-order valence-corrected chi connectivity index (χ3v) is 4.96. The summed E-state index contributed by atoms with van der Waals surface area (Å²) in [6.45, 7) is 3.79. The molecule has 1 amide bonds. The number of aromatic nitrogens is 3. The van der Waals surface area contributed by atoms with Crippen molar-refractivity contribution in [1.82, 2.24) is 14.5 Å². The monoisotopic (exact) mass is 416 g/mol. The molecule has 0 unspecified atom stereocenters. The molecule has 8 nitrogen and oxygen atoms in total. The third kappa shape index (κ3) is 3.83. The predicted molar refractivity (Wildman–Crippen MR) is 116 cm³/mol. The molecule has 0 fully saturated rings. The highest BCUT2D eigenvalue weighted by Gasteiger charge is 2.18. The highest BCUT2D eigenvalue weighted by molar-refractivity contribution is 6.03. The Morgan fingerprint density at radius 2 is 1.52 bits per heavy atom. The zero-order chi connectivity index (χ0) is 22.1. The first-order valence-corrected chi connectivity index (χ1v) is 9.60. The van der Waals surface area contributed by atoms with Crippen molar-refractivity contribution in [3.05, 3.63) is 93.7 Å². The van der Waals surface area contributed by atoms with Gasteiger partial charge in [-0.3, -0.25) is 19.7 Å². The molecule has 1 N–H and O–H groups in total. The number of rotatable bonds is 4. The number of ether oxygens (including phenoxy) is 1. The van der Waals surface area contributed by atoms with Gasteiger partial charge in [-0.25, -0.2) is 9.48 Å². The number of carbonyl (C=O) groups excluding carboxylic acids is 2. The molecule has 2 aromatic heterocycles. The number of hydrogen-bond donors (Lipinski definition) is 1. The Hall–Kier alpha value is -4.20. The molecule has 0 spiro atoms. The standard InChI is InChI=1S/C23H20N4O4/c1-14-8-9-15(2)27(14)25-21(28)16-10-12-17(13-11-16)31-23(30)20-18-6-4-5-7-19(18)22(29)26(3)24-20/h4-13H,1-3H3,(H,25,28). The second kappa shape index (κ2) is 7.91. The van der Waals surface area contributed by atoms with Gasteiger partial charge in [0.1, 0.15) is 5.75 Å². The molecule has 0 aliphatic rings. The maximum absolute atomic E-state index is 12.7. The Balaban J connectivity index is 1.54. The maximum Gasteiger partial charge on any atom is 0.364 e. The van der Waals surface area contributed by atoms with Crippen LogP contribution in [-0.4, -0.2) is 26.3 Å². The van der Waals surface area contributed by atoms with Crippen molar-refractivity contribution in [1.29, 1.82) is 0 Å². The van der Waals surface area contributed by atoms with Crippen molar-refractivity contribution in [2.45, 2.75) is 13.8 Å². The fraction of sp³-hybridized carbons (Fsp3) is 0.130. The highest BCUT2D eigenvalue weighted by Crippen LogP contribution is 2.18. The number of amides is 1. The van der Waals surface area contributed by atoms with Gasteiger partial charge >= 0.3 is 5.97 Å². The molecule has 2 aromatic carbocycles. The summed E-state index contributed by atoms with van der Waals surface area (Å²) in [7, 11) is 1.48. The molecule has 0 radical (unpaired) electrons. The summed E-state index contributed by atoms with van der Waals surface area (Å²) in [5.74, 6) is -0.719. The molecule has 8 heteroatoms. The molecule has 0 aliphatic carbocycles. The van der Waals surface area contributed by atoms with Crippen LogP contribution in [0.2, 0.25) is 0 Å². The largest absolute Gasteiger partial charge is 0.422 e. The van der Waals surface area contributed by atoms with Crippen molar-refractivity contribution >= 4 is 22.6 Å². The second-order valence-electron chi connectivity index (χ2n) is 7.13. The Morgan fingerprint density at radius 3 is 2.16 bits per heavy atom. The van der Waals surface area contributed by atoms with E-state index in [2.05, 4.69) is 10.5 Å². The summed E-state index contributed by atoms with van der Waals surface area (Å²) in [5, 5.41) is 4.87. The molecule has 0 atom stereocenters. The van der Waals surface area contributed by atoms with E-state index in [0.717, 1.165) is 16.1 Å². The van der Waals surface area contributed by atoms with Crippen LogP contribution in [0.3, 0.4) is 0 Å². The Labute approximate surface area is 177 Å². The van der Waals surface area contributed by atoms with Gasteiger partial charge in [-0.2, -0.15) is 5.10 Å². The van der Waals surface area contributed by atoms with Crippen LogP contribution in [0.15, 0.2) is 65.5 Å². The molecule has 0 saturated carbocycles. The minimum absolute atomic E-state index is 0.0399. The van der Waals surface area contributed by atoms with E-state index in [1.807, 2.05) is 26.0 Å². The van der Waals surface area contributed by atoms with Crippen LogP contribution in [0.1, 0.15) is 32.2 Å². The fourth-order valence-corrected chi connectivity index (χ4v) is 3.29. The predicted octanol–water partition coefficient (Wildman–Crippen LogP) is 2.95. The molecule has 4 aromatic rings. The van der Waals surface area contributed by atoms with Gasteiger partial charge in [0, 0.05) is 29.4 Å². The Bertz CT molecular complexity index is 1350. The van der Waals surface area contributed by atoms with Crippen LogP contribution in [0.25, 0.3) is 10.8 Å². The normalized spacial score (nSPS) is 10.8. The van der Waals surface area contributed by atoms with Crippen molar-refractivity contribution in [2.24, 2.45) is 7.05 Å². The maximum atomic E-state index is 12.7. The van der Waals surface area contributed by atoms with Gasteiger partial charge in [-0.05, 0) is 56.3 Å². The van der Waals surface area contributed by atoms with E-state index in [1.54, 1.807) is 41.1 Å². The number of fused-ring (bicyclic) bond motifs is 1. The number of carbonyl (C=O) groups is 2. The molecule has 0 saturated heterocycles. The van der Waals surface area contributed by atoms with Crippen molar-refractivity contribution in [3.63, 3.8) is 0 Å². The van der Waals surface area contributed by atoms with Crippen molar-refractivity contribution in [2.75, 3.05) is 5.43 Å². The molecular formula is C23H20N4O4. The SMILES string of the molecule is Cc1ccc(C)n1NC(=O)c1ccc(OC(=O)c2nn(C)c(=O)c3ccccc23)cc1. The van der Waals surface area contributed by atoms with E-state index in [1.165, 1.54) is 19.2 Å². The van der Waals surface area contributed by atoms with Crippen LogP contribution >= 0.6 is 0 Å². The van der Waals surface area contributed by atoms with Gasteiger partial charge < -0.3 is 4.74 Å². The quantitative estimate of drug-likeness (QED) is 0.408. The zero-order valence-corrected chi connectivity index (χ0v) is 17.2. The topological polar surface area (TPSA) is 95.2 Å². The van der Waals surface area contributed by atoms with E-state index in [-0.39, 0.29) is 22.9 Å². The van der Waals surface area contributed by atoms with E-state index in [4.69, 9.17) is 4.74 Å². The number of aryl methyl sites for hydroxylation is 3. The summed E-state index contributed by atoms with van der Waals surface area (Å²) >= 11 is 0. The van der Waals surface area contributed by atoms with E-state index < -0.39 is 5.97 Å². The van der Waals surface area contributed by atoms with Gasteiger partial charge in [0.25, 0.3) is 11.5 Å². The van der Waals surface area contributed by atoms with E-state index >= 15 is 0 Å². The summed E-state index contributed by atoms with van der Waals surface area (Å²) in [6, 6.07) is 16.8. The van der Waals surface area contributed by atoms with Gasteiger partial charge in [-0.15, -0.1) is 0 Å². The van der Waals surface area contributed by atoms with E-state index in [0.29, 0.717) is 16.3 Å². The summed E-state index contributed by atoms with van der Waals surface area (Å²) in [6.07, 6.45) is 0. The fourth-order valence-electron chi connectivity index (χ4n) is 3.29. The van der Waals surface area contributed by atoms with Gasteiger partial charge in [0.2, 0.25) is 0 Å². The summed E-state index contributed by atoms with van der Waals surface area (Å²) < 4.78 is 8.24. The highest BCUT2D eigenvalue weighted by atomic mass is 16.5. The number of hydrogen-bond acceptors (Lipinski definition) is 5. The minimum atomic E-state index is -0.692. The summed E-state index contributed by atoms with van der Waals surface area (Å²) in [4.78, 5) is 37.4. The average molecular weight is 416 g/mol. The first kappa shape index (κ1) is 20.1. The minimum Gasteiger partial charge on any atom is -0.422 e. The van der Waals surface area contributed by atoms with Gasteiger partial charge in [0.05, 0.1) is 5.39 Å². The average Bonchev–Trinajstić information content (AvgIpc) is 3.08. The van der Waals surface area contributed by atoms with Gasteiger partial charge in [-0.1, -0.05) is 18.2 Å². The van der Waals surface area contributed by atoms with Gasteiger partial charge in [0.15, 0.2) is 5.69 Å². The first-order chi connectivity index (χ1) is 14.8. The van der Waals surface area contributed by atoms with Crippen LogP contribution in [-0.2, 0) is 7.05 Å². The number of nitrogens with one attached hydrogen (secondary N) is 1. The van der Waals surface area contributed by atoms with Crippen molar-refractivity contribution < 1.29 is 14.3 Å². The first-order valence-electron chi connectivity index (χ1n) is 9.60. The molecule has 156 valence electrons. The van der Waals surface area contributed by atoms with E-state index in [9.17, 15) is 14.4 Å². The molecule has 4 rings (SSSR count). The molecule has 0 bridgehead atoms. The molecule has 31 heavy (non-hydrogen) atoms. The smallest absolute Gasteiger partial charge is 0.364 e. The van der Waals surface area contributed by atoms with Crippen LogP contribution in [0.4, 0.5) is 0 Å². The number of esters is 1. The Morgan fingerprint density at radius 1 is 0.903 bits per heavy atom. The molecule has 2 heterocycles. The van der Waals surface area contributed by atoms with Crippen LogP contribution in [0.5, 0.6) is 5.75 Å². The summed E-state index contributed by atoms with van der Waals surface area (Å²) in [5.41, 5.74) is 4.80. The number of nitrogens with zero attached hydrogens (tertiary/aromatic N) is 3. The Kier molecular flexibility index (Phi) is 5.12. The zero-order valence-electron chi connectivity index (χ0n) is 17.2. The molecule has 0 aliphatic heterocycles. The van der Waals surface area contributed by atoms with Crippen molar-refractivity contribution in [3.8, 4) is 5.75 Å². The number of benzene rings is 2. The molecular weight excluding hydrogens is 396 g/mol. The lowest BCUT2D eigenvalue weighted by Crippen LogP contribution is -2.25. The third-order valence-electron chi connectivity index (χ3n) is 4.96. The lowest BCUT2D eigenvalue weighted by molar-refractivity contribution is 0.0728. The second-order valence-corrected chi connectivity index (χ2v) is 7.13. The van der Waals surface area contributed by atoms with Crippen LogP contribution in [0, 0.1) is 13.8 Å². The lowest BCUT2D eigenvalue weighted by atomic mass is 10.1. The lowest BCUT2D eigenvalue weighted by Gasteiger charge is -2.12. The van der Waals surface area contributed by atoms with Crippen LogP contribution < -0.4 is 15.7 Å².